The molecule has 0 saturated carbocycles. The minimum Gasteiger partial charge on any atom is -0.406 e. The quantitative estimate of drug-likeness (QED) is 0.400. The summed E-state index contributed by atoms with van der Waals surface area (Å²) in [6.07, 6.45) is 0.746. The van der Waals surface area contributed by atoms with E-state index in [9.17, 15) is 9.59 Å². The van der Waals surface area contributed by atoms with E-state index >= 15 is 0 Å². The molecule has 0 bridgehead atoms. The van der Waals surface area contributed by atoms with Crippen molar-refractivity contribution in [2.45, 2.75) is 18.9 Å². The van der Waals surface area contributed by atoms with Crippen LogP contribution in [-0.4, -0.2) is 32.9 Å². The summed E-state index contributed by atoms with van der Waals surface area (Å²) in [7, 11) is 3.19. The number of hydrogen-bond donors (Lipinski definition) is 3. The van der Waals surface area contributed by atoms with Crippen molar-refractivity contribution in [2.24, 2.45) is 5.73 Å². The summed E-state index contributed by atoms with van der Waals surface area (Å²) < 4.78 is 0. The van der Waals surface area contributed by atoms with Crippen LogP contribution in [0.4, 0.5) is 0 Å². The highest BCUT2D eigenvalue weighted by atomic mass is 16.2. The predicted molar refractivity (Wildman–Crippen MR) is 48.0 cm³/mol. The number of nitrogens with two attached hydrogens (primary N) is 1. The number of nitrogens with one attached hydrogen (secondary N) is 2. The zero-order valence-corrected chi connectivity index (χ0v) is 7.39. The van der Waals surface area contributed by atoms with Crippen molar-refractivity contribution in [3.05, 3.63) is 0 Å². The molecule has 0 saturated heterocycles. The Hall–Kier alpha value is -1.04. The SMILES string of the molecule is BNC(=O)CCC(NC)C(N)=O. The van der Waals surface area contributed by atoms with Gasteiger partial charge in [-0.15, -0.1) is 0 Å². The van der Waals surface area contributed by atoms with Crippen LogP contribution in [0.5, 0.6) is 0 Å². The molecule has 0 aliphatic rings. The molecule has 4 N–H and O–H groups in total. The van der Waals surface area contributed by atoms with Crippen LogP contribution in [0.25, 0.3) is 0 Å². The largest absolute Gasteiger partial charge is 0.406 e. The van der Waals surface area contributed by atoms with Crippen molar-refractivity contribution >= 4 is 19.8 Å². The summed E-state index contributed by atoms with van der Waals surface area (Å²) >= 11 is 0. The first kappa shape index (κ1) is 11.0. The summed E-state index contributed by atoms with van der Waals surface area (Å²) in [6, 6.07) is -0.415. The number of amides is 2. The molecular formula is C6H14BN3O2. The predicted octanol–water partition coefficient (Wildman–Crippen LogP) is -2.50. The van der Waals surface area contributed by atoms with Crippen LogP contribution in [0.2, 0.25) is 0 Å². The summed E-state index contributed by atoms with van der Waals surface area (Å²) in [5, 5.41) is 5.19. The third-order valence-electron chi connectivity index (χ3n) is 1.63. The molecule has 0 aliphatic carbocycles. The van der Waals surface area contributed by atoms with Crippen LogP contribution in [0.15, 0.2) is 0 Å². The van der Waals surface area contributed by atoms with Crippen LogP contribution in [0.3, 0.4) is 0 Å². The molecule has 1 atom stereocenters. The van der Waals surface area contributed by atoms with Gasteiger partial charge in [-0.1, -0.05) is 0 Å². The lowest BCUT2D eigenvalue weighted by molar-refractivity contribution is -0.121. The van der Waals surface area contributed by atoms with E-state index in [0.29, 0.717) is 12.8 Å². The second-order valence-electron chi connectivity index (χ2n) is 2.46. The van der Waals surface area contributed by atoms with E-state index < -0.39 is 11.9 Å². The van der Waals surface area contributed by atoms with Gasteiger partial charge in [-0.2, -0.15) is 0 Å². The minimum absolute atomic E-state index is 0.0866. The number of rotatable bonds is 5. The average Bonchev–Trinajstić information content (AvgIpc) is 2.04. The molecule has 0 aliphatic heterocycles. The molecular weight excluding hydrogens is 157 g/mol. The summed E-state index contributed by atoms with van der Waals surface area (Å²) in [5.74, 6) is -0.516. The number of likely N-dealkylation sites (N-methyl/N-ethyl adjacent to an activating group) is 1. The first-order valence-electron chi connectivity index (χ1n) is 3.79. The minimum atomic E-state index is -0.429. The Kier molecular flexibility index (Phi) is 5.11. The summed E-state index contributed by atoms with van der Waals surface area (Å²) in [6.45, 7) is 0. The maximum atomic E-state index is 10.8. The fraction of sp³-hybridized carbons (Fsp3) is 0.667. The topological polar surface area (TPSA) is 84.2 Å². The first-order valence-corrected chi connectivity index (χ1v) is 3.79. The molecule has 0 radical (unpaired) electrons. The monoisotopic (exact) mass is 171 g/mol. The van der Waals surface area contributed by atoms with Crippen LogP contribution in [0, 0.1) is 0 Å². The van der Waals surface area contributed by atoms with Crippen LogP contribution in [0.1, 0.15) is 12.8 Å². The second-order valence-corrected chi connectivity index (χ2v) is 2.46. The molecule has 0 aromatic carbocycles. The van der Waals surface area contributed by atoms with E-state index in [1.54, 1.807) is 15.0 Å². The van der Waals surface area contributed by atoms with E-state index in [2.05, 4.69) is 10.5 Å². The van der Waals surface area contributed by atoms with E-state index in [1.807, 2.05) is 0 Å². The second kappa shape index (κ2) is 5.59. The first-order chi connectivity index (χ1) is 5.61. The van der Waals surface area contributed by atoms with Crippen molar-refractivity contribution in [1.29, 1.82) is 0 Å². The van der Waals surface area contributed by atoms with Crippen molar-refractivity contribution < 1.29 is 9.59 Å². The Morgan fingerprint density at radius 3 is 2.50 bits per heavy atom. The van der Waals surface area contributed by atoms with Gasteiger partial charge in [0.15, 0.2) is 0 Å². The molecule has 6 heteroatoms. The highest BCUT2D eigenvalue weighted by Crippen LogP contribution is 1.95. The van der Waals surface area contributed by atoms with Crippen LogP contribution < -0.4 is 16.3 Å². The lowest BCUT2D eigenvalue weighted by Gasteiger charge is -2.10. The fourth-order valence-electron chi connectivity index (χ4n) is 0.829. The normalized spacial score (nSPS) is 12.1. The van der Waals surface area contributed by atoms with Gasteiger partial charge in [-0.25, -0.2) is 0 Å². The molecule has 12 heavy (non-hydrogen) atoms. The Bertz CT molecular complexity index is 174. The number of primary amides is 1. The zero-order chi connectivity index (χ0) is 9.56. The van der Waals surface area contributed by atoms with Crippen molar-refractivity contribution in [3.63, 3.8) is 0 Å². The molecule has 0 spiro atoms. The van der Waals surface area contributed by atoms with Gasteiger partial charge in [0.25, 0.3) is 0 Å². The van der Waals surface area contributed by atoms with Crippen molar-refractivity contribution in [3.8, 4) is 0 Å². The zero-order valence-electron chi connectivity index (χ0n) is 7.39. The lowest BCUT2D eigenvalue weighted by atomic mass is 10.1. The molecule has 1 unspecified atom stereocenters. The third-order valence-corrected chi connectivity index (χ3v) is 1.63. The number of carbonyl (C=O) groups excluding carboxylic acids is 2. The standard InChI is InChI=1S/C6H14BN3O2/c1-9-4(6(8)12)2-3-5(11)10-7/h4,9H,2-3,7H2,1H3,(H2,8,12)(H,10,11). The Labute approximate surface area is 72.5 Å². The molecule has 0 fully saturated rings. The molecule has 2 amide bonds. The Balaban J connectivity index is 3.73. The molecule has 0 heterocycles. The van der Waals surface area contributed by atoms with E-state index in [1.165, 1.54) is 0 Å². The lowest BCUT2D eigenvalue weighted by Crippen LogP contribution is -2.40. The number of hydrogen-bond acceptors (Lipinski definition) is 3. The van der Waals surface area contributed by atoms with Gasteiger partial charge < -0.3 is 16.3 Å². The Morgan fingerprint density at radius 2 is 2.17 bits per heavy atom. The van der Waals surface area contributed by atoms with Gasteiger partial charge in [-0.05, 0) is 13.5 Å². The van der Waals surface area contributed by atoms with Crippen molar-refractivity contribution in [1.82, 2.24) is 10.5 Å². The maximum Gasteiger partial charge on any atom is 0.234 e. The number of carbonyl (C=O) groups is 2. The highest BCUT2D eigenvalue weighted by molar-refractivity contribution is 6.14. The van der Waals surface area contributed by atoms with Gasteiger partial charge in [-0.3, -0.25) is 9.59 Å². The van der Waals surface area contributed by atoms with Gasteiger partial charge >= 0.3 is 0 Å². The van der Waals surface area contributed by atoms with Gasteiger partial charge in [0.2, 0.25) is 19.8 Å². The smallest absolute Gasteiger partial charge is 0.234 e. The Morgan fingerprint density at radius 1 is 1.58 bits per heavy atom. The third kappa shape index (κ3) is 3.97. The van der Waals surface area contributed by atoms with Gasteiger partial charge in [0, 0.05) is 6.42 Å². The van der Waals surface area contributed by atoms with Gasteiger partial charge in [0.1, 0.15) is 0 Å². The molecule has 0 aromatic heterocycles. The van der Waals surface area contributed by atoms with Crippen LogP contribution in [-0.2, 0) is 9.59 Å². The molecule has 0 aromatic rings. The molecule has 0 rings (SSSR count). The average molecular weight is 171 g/mol. The van der Waals surface area contributed by atoms with E-state index in [-0.39, 0.29) is 5.91 Å². The van der Waals surface area contributed by atoms with E-state index in [4.69, 9.17) is 5.73 Å². The maximum absolute atomic E-state index is 10.8. The van der Waals surface area contributed by atoms with Crippen molar-refractivity contribution in [2.75, 3.05) is 7.05 Å². The molecule has 5 nitrogen and oxygen atoms in total. The molecule has 68 valence electrons. The van der Waals surface area contributed by atoms with Gasteiger partial charge in [0.05, 0.1) is 6.04 Å². The van der Waals surface area contributed by atoms with Crippen LogP contribution >= 0.6 is 0 Å². The highest BCUT2D eigenvalue weighted by Gasteiger charge is 2.13. The summed E-state index contributed by atoms with van der Waals surface area (Å²) in [4.78, 5) is 21.4. The summed E-state index contributed by atoms with van der Waals surface area (Å²) in [5.41, 5.74) is 5.04. The fourth-order valence-corrected chi connectivity index (χ4v) is 0.829. The van der Waals surface area contributed by atoms with E-state index in [0.717, 1.165) is 0 Å².